The number of benzene rings is 1. The molecule has 0 aliphatic rings. The van der Waals surface area contributed by atoms with Crippen LogP contribution in [-0.2, 0) is 6.18 Å². The van der Waals surface area contributed by atoms with Crippen molar-refractivity contribution in [1.82, 2.24) is 10.1 Å². The molecule has 0 atom stereocenters. The van der Waals surface area contributed by atoms with Crippen LogP contribution < -0.4 is 0 Å². The van der Waals surface area contributed by atoms with Gasteiger partial charge in [-0.2, -0.15) is 18.2 Å². The number of aromatic nitrogens is 2. The number of phenols is 1. The molecule has 0 saturated heterocycles. The summed E-state index contributed by atoms with van der Waals surface area (Å²) in [4.78, 5) is 3.18. The number of aryl methyl sites for hydroxylation is 1. The first kappa shape index (κ1) is 11.4. The third kappa shape index (κ3) is 2.22. The van der Waals surface area contributed by atoms with Gasteiger partial charge in [-0.15, -0.1) is 0 Å². The number of hydrogen-bond donors (Lipinski definition) is 1. The minimum atomic E-state index is -4.66. The summed E-state index contributed by atoms with van der Waals surface area (Å²) in [5.41, 5.74) is 0.834. The Kier molecular flexibility index (Phi) is 2.53. The van der Waals surface area contributed by atoms with Crippen molar-refractivity contribution in [3.05, 3.63) is 29.6 Å². The lowest BCUT2D eigenvalue weighted by atomic mass is 10.1. The molecule has 0 aliphatic heterocycles. The zero-order chi connectivity index (χ0) is 12.6. The fourth-order valence-corrected chi connectivity index (χ4v) is 1.27. The number of halogens is 3. The minimum Gasteiger partial charge on any atom is -0.507 e. The van der Waals surface area contributed by atoms with Gasteiger partial charge in [-0.25, -0.2) is 0 Å². The van der Waals surface area contributed by atoms with Gasteiger partial charge in [-0.1, -0.05) is 11.2 Å². The van der Waals surface area contributed by atoms with E-state index in [1.807, 2.05) is 0 Å². The summed E-state index contributed by atoms with van der Waals surface area (Å²) < 4.78 is 41.2. The normalized spacial score (nSPS) is 11.8. The van der Waals surface area contributed by atoms with Crippen LogP contribution in [0.3, 0.4) is 0 Å². The number of phenolic OH excluding ortho intramolecular Hbond substituents is 1. The van der Waals surface area contributed by atoms with Gasteiger partial charge in [0.2, 0.25) is 0 Å². The summed E-state index contributed by atoms with van der Waals surface area (Å²) in [7, 11) is 0. The fourth-order valence-electron chi connectivity index (χ4n) is 1.27. The predicted molar refractivity (Wildman–Crippen MR) is 51.1 cm³/mol. The molecule has 1 aromatic carbocycles. The number of hydrogen-bond acceptors (Lipinski definition) is 4. The van der Waals surface area contributed by atoms with Crippen molar-refractivity contribution in [2.75, 3.05) is 0 Å². The van der Waals surface area contributed by atoms with Gasteiger partial charge in [0, 0.05) is 0 Å². The first-order valence-corrected chi connectivity index (χ1v) is 4.59. The quantitative estimate of drug-likeness (QED) is 0.837. The zero-order valence-corrected chi connectivity index (χ0v) is 8.62. The van der Waals surface area contributed by atoms with E-state index in [0.717, 1.165) is 5.56 Å². The first-order chi connectivity index (χ1) is 7.88. The van der Waals surface area contributed by atoms with E-state index in [1.54, 1.807) is 13.0 Å². The molecule has 0 saturated carbocycles. The van der Waals surface area contributed by atoms with E-state index in [9.17, 15) is 18.3 Å². The largest absolute Gasteiger partial charge is 0.507 e. The zero-order valence-electron chi connectivity index (χ0n) is 8.62. The average Bonchev–Trinajstić information content (AvgIpc) is 2.65. The Morgan fingerprint density at radius 1 is 1.29 bits per heavy atom. The molecule has 0 aliphatic carbocycles. The Bertz CT molecular complexity index is 549. The molecular formula is C10H7F3N2O2. The number of aromatic hydroxyl groups is 1. The monoisotopic (exact) mass is 244 g/mol. The molecule has 2 aromatic rings. The number of rotatable bonds is 1. The molecule has 4 nitrogen and oxygen atoms in total. The summed E-state index contributed by atoms with van der Waals surface area (Å²) in [5, 5.41) is 12.4. The molecule has 17 heavy (non-hydrogen) atoms. The molecule has 1 aromatic heterocycles. The van der Waals surface area contributed by atoms with Gasteiger partial charge < -0.3 is 9.63 Å². The van der Waals surface area contributed by atoms with Gasteiger partial charge in [0.15, 0.2) is 0 Å². The van der Waals surface area contributed by atoms with Crippen molar-refractivity contribution < 1.29 is 22.8 Å². The summed E-state index contributed by atoms with van der Waals surface area (Å²) in [6, 6.07) is 4.43. The molecule has 0 radical (unpaired) electrons. The summed E-state index contributed by atoms with van der Waals surface area (Å²) in [6.45, 7) is 1.73. The smallest absolute Gasteiger partial charge is 0.455 e. The lowest BCUT2D eigenvalue weighted by Crippen LogP contribution is -2.07. The van der Waals surface area contributed by atoms with Crippen molar-refractivity contribution in [3.8, 4) is 17.2 Å². The van der Waals surface area contributed by atoms with E-state index in [1.165, 1.54) is 12.1 Å². The third-order valence-electron chi connectivity index (χ3n) is 2.06. The molecule has 7 heteroatoms. The Labute approximate surface area is 93.7 Å². The molecule has 0 unspecified atom stereocenters. The van der Waals surface area contributed by atoms with Crippen molar-refractivity contribution >= 4 is 0 Å². The second kappa shape index (κ2) is 3.76. The van der Waals surface area contributed by atoms with E-state index < -0.39 is 12.0 Å². The van der Waals surface area contributed by atoms with Crippen LogP contribution >= 0.6 is 0 Å². The standard InChI is InChI=1S/C10H7F3N2O2/c1-5-2-3-6(7(16)4-5)8-14-9(15-17-8)10(11,12)13/h2-4,16H,1H3. The van der Waals surface area contributed by atoms with E-state index >= 15 is 0 Å². The Balaban J connectivity index is 2.44. The van der Waals surface area contributed by atoms with Gasteiger partial charge in [-0.05, 0) is 24.6 Å². The second-order valence-electron chi connectivity index (χ2n) is 3.44. The third-order valence-corrected chi connectivity index (χ3v) is 2.06. The maximum Gasteiger partial charge on any atom is 0.455 e. The molecule has 0 spiro atoms. The van der Waals surface area contributed by atoms with Crippen molar-refractivity contribution in [3.63, 3.8) is 0 Å². The van der Waals surface area contributed by atoms with E-state index in [2.05, 4.69) is 14.7 Å². The SMILES string of the molecule is Cc1ccc(-c2nc(C(F)(F)F)no2)c(O)c1. The lowest BCUT2D eigenvalue weighted by molar-refractivity contribution is -0.146. The van der Waals surface area contributed by atoms with Crippen molar-refractivity contribution in [1.29, 1.82) is 0 Å². The summed E-state index contributed by atoms with van der Waals surface area (Å²) in [5.74, 6) is -1.94. The second-order valence-corrected chi connectivity index (χ2v) is 3.44. The molecule has 0 bridgehead atoms. The van der Waals surface area contributed by atoms with Crippen molar-refractivity contribution in [2.45, 2.75) is 13.1 Å². The van der Waals surface area contributed by atoms with Gasteiger partial charge in [0.05, 0.1) is 5.56 Å². The lowest BCUT2D eigenvalue weighted by Gasteiger charge is -2.00. The maximum absolute atomic E-state index is 12.2. The topological polar surface area (TPSA) is 59.2 Å². The summed E-state index contributed by atoms with van der Waals surface area (Å²) in [6.07, 6.45) is -4.66. The molecule has 0 amide bonds. The number of nitrogens with zero attached hydrogens (tertiary/aromatic N) is 2. The minimum absolute atomic E-state index is 0.0681. The van der Waals surface area contributed by atoms with Crippen LogP contribution in [0.1, 0.15) is 11.4 Å². The highest BCUT2D eigenvalue weighted by atomic mass is 19.4. The highest BCUT2D eigenvalue weighted by Crippen LogP contribution is 2.32. The Morgan fingerprint density at radius 2 is 2.00 bits per heavy atom. The fraction of sp³-hybridized carbons (Fsp3) is 0.200. The predicted octanol–water partition coefficient (Wildman–Crippen LogP) is 2.77. The highest BCUT2D eigenvalue weighted by molar-refractivity contribution is 5.62. The highest BCUT2D eigenvalue weighted by Gasteiger charge is 2.37. The van der Waals surface area contributed by atoms with Crippen LogP contribution in [-0.4, -0.2) is 15.2 Å². The van der Waals surface area contributed by atoms with Gasteiger partial charge in [0.25, 0.3) is 11.7 Å². The van der Waals surface area contributed by atoms with Crippen molar-refractivity contribution in [2.24, 2.45) is 0 Å². The van der Waals surface area contributed by atoms with Crippen LogP contribution in [0.25, 0.3) is 11.5 Å². The van der Waals surface area contributed by atoms with E-state index in [-0.39, 0.29) is 17.2 Å². The van der Waals surface area contributed by atoms with E-state index in [0.29, 0.717) is 0 Å². The molecule has 1 N–H and O–H groups in total. The van der Waals surface area contributed by atoms with E-state index in [4.69, 9.17) is 0 Å². The van der Waals surface area contributed by atoms with Crippen LogP contribution in [0.15, 0.2) is 22.7 Å². The molecule has 2 rings (SSSR count). The first-order valence-electron chi connectivity index (χ1n) is 4.59. The number of alkyl halides is 3. The Hall–Kier alpha value is -2.05. The van der Waals surface area contributed by atoms with Gasteiger partial charge in [0.1, 0.15) is 5.75 Å². The average molecular weight is 244 g/mol. The van der Waals surface area contributed by atoms with Gasteiger partial charge >= 0.3 is 6.18 Å². The molecule has 0 fully saturated rings. The molecule has 1 heterocycles. The van der Waals surface area contributed by atoms with Crippen LogP contribution in [0.5, 0.6) is 5.75 Å². The maximum atomic E-state index is 12.2. The molecule has 90 valence electrons. The van der Waals surface area contributed by atoms with Crippen LogP contribution in [0, 0.1) is 6.92 Å². The summed E-state index contributed by atoms with van der Waals surface area (Å²) >= 11 is 0. The molecular weight excluding hydrogens is 237 g/mol. The van der Waals surface area contributed by atoms with Crippen LogP contribution in [0.2, 0.25) is 0 Å². The van der Waals surface area contributed by atoms with Crippen LogP contribution in [0.4, 0.5) is 13.2 Å². The Morgan fingerprint density at radius 3 is 2.53 bits per heavy atom. The van der Waals surface area contributed by atoms with Gasteiger partial charge in [-0.3, -0.25) is 0 Å².